The Morgan fingerprint density at radius 1 is 1.00 bits per heavy atom. The molecule has 2 aromatic carbocycles. The molecule has 0 fully saturated rings. The van der Waals surface area contributed by atoms with Crippen LogP contribution in [0, 0.1) is 11.6 Å². The summed E-state index contributed by atoms with van der Waals surface area (Å²) in [7, 11) is -3.28. The second-order valence-corrected chi connectivity index (χ2v) is 7.06. The lowest BCUT2D eigenvalue weighted by molar-refractivity contribution is 0.509. The highest BCUT2D eigenvalue weighted by Gasteiger charge is 2.11. The van der Waals surface area contributed by atoms with Gasteiger partial charge in [-0.3, -0.25) is 4.57 Å². The van der Waals surface area contributed by atoms with Crippen LogP contribution in [0.5, 0.6) is 0 Å². The monoisotopic (exact) mass is 334 g/mol. The van der Waals surface area contributed by atoms with E-state index < -0.39 is 21.5 Å². The molecule has 0 atom stereocenters. The van der Waals surface area contributed by atoms with E-state index in [4.69, 9.17) is 0 Å². The third-order valence-electron chi connectivity index (χ3n) is 3.40. The molecule has 1 aromatic heterocycles. The van der Waals surface area contributed by atoms with E-state index in [2.05, 4.69) is 4.98 Å². The highest BCUT2D eigenvalue weighted by atomic mass is 32.2. The molecule has 7 heteroatoms. The van der Waals surface area contributed by atoms with Gasteiger partial charge in [-0.1, -0.05) is 0 Å². The van der Waals surface area contributed by atoms with E-state index >= 15 is 0 Å². The van der Waals surface area contributed by atoms with Gasteiger partial charge in [0, 0.05) is 17.5 Å². The van der Waals surface area contributed by atoms with Crippen molar-refractivity contribution in [3.05, 3.63) is 66.6 Å². The van der Waals surface area contributed by atoms with E-state index in [0.717, 1.165) is 18.4 Å². The molecule has 1 heterocycles. The van der Waals surface area contributed by atoms with Gasteiger partial charge in [0.05, 0.1) is 23.1 Å². The predicted molar refractivity (Wildman–Crippen MR) is 82.0 cm³/mol. The van der Waals surface area contributed by atoms with Crippen molar-refractivity contribution in [2.45, 2.75) is 4.90 Å². The fourth-order valence-corrected chi connectivity index (χ4v) is 2.85. The minimum Gasteiger partial charge on any atom is -0.299 e. The molecule has 23 heavy (non-hydrogen) atoms. The van der Waals surface area contributed by atoms with Crippen molar-refractivity contribution in [2.24, 2.45) is 0 Å². The number of sulfone groups is 1. The molecule has 3 rings (SSSR count). The Balaban J connectivity index is 2.05. The molecule has 0 amide bonds. The van der Waals surface area contributed by atoms with Crippen LogP contribution in [0.2, 0.25) is 0 Å². The maximum Gasteiger partial charge on any atom is 0.175 e. The van der Waals surface area contributed by atoms with Gasteiger partial charge in [-0.05, 0) is 42.5 Å². The van der Waals surface area contributed by atoms with Crippen LogP contribution in [0.25, 0.3) is 16.9 Å². The summed E-state index contributed by atoms with van der Waals surface area (Å²) >= 11 is 0. The number of rotatable bonds is 3. The van der Waals surface area contributed by atoms with Crippen LogP contribution in [-0.4, -0.2) is 24.2 Å². The summed E-state index contributed by atoms with van der Waals surface area (Å²) in [5.41, 5.74) is 1.69. The maximum atomic E-state index is 13.4. The molecule has 0 bridgehead atoms. The lowest BCUT2D eigenvalue weighted by Gasteiger charge is -2.09. The first-order valence-corrected chi connectivity index (χ1v) is 8.53. The molecular weight excluding hydrogens is 322 g/mol. The number of benzene rings is 2. The van der Waals surface area contributed by atoms with Crippen molar-refractivity contribution >= 4 is 9.84 Å². The molecule has 0 aliphatic carbocycles. The van der Waals surface area contributed by atoms with Crippen LogP contribution in [0.4, 0.5) is 8.78 Å². The third kappa shape index (κ3) is 3.00. The van der Waals surface area contributed by atoms with Gasteiger partial charge in [-0.15, -0.1) is 0 Å². The van der Waals surface area contributed by atoms with Crippen molar-refractivity contribution < 1.29 is 17.2 Å². The highest BCUT2D eigenvalue weighted by Crippen LogP contribution is 2.25. The molecule has 0 spiro atoms. The standard InChI is InChI=1S/C16H12F2N2O2S/c1-23(21,22)13-5-3-12(4-6-13)20-10-19-9-16(20)11-2-7-14(17)15(18)8-11/h2-10H,1H3. The number of nitrogens with zero attached hydrogens (tertiary/aromatic N) is 2. The van der Waals surface area contributed by atoms with E-state index in [0.29, 0.717) is 16.9 Å². The molecule has 0 unspecified atom stereocenters. The molecule has 0 saturated carbocycles. The number of halogens is 2. The molecule has 0 aliphatic rings. The Bertz CT molecular complexity index is 964. The average Bonchev–Trinajstić information content (AvgIpc) is 2.99. The largest absolute Gasteiger partial charge is 0.299 e. The zero-order chi connectivity index (χ0) is 16.6. The average molecular weight is 334 g/mol. The number of hydrogen-bond donors (Lipinski definition) is 0. The SMILES string of the molecule is CS(=O)(=O)c1ccc(-n2cncc2-c2ccc(F)c(F)c2)cc1. The molecule has 0 N–H and O–H groups in total. The Morgan fingerprint density at radius 3 is 2.30 bits per heavy atom. The summed E-state index contributed by atoms with van der Waals surface area (Å²) in [4.78, 5) is 4.23. The van der Waals surface area contributed by atoms with E-state index in [1.54, 1.807) is 16.7 Å². The van der Waals surface area contributed by atoms with Crippen molar-refractivity contribution in [1.29, 1.82) is 0 Å². The second kappa shape index (κ2) is 5.58. The quantitative estimate of drug-likeness (QED) is 0.739. The highest BCUT2D eigenvalue weighted by molar-refractivity contribution is 7.90. The Hall–Kier alpha value is -2.54. The Kier molecular flexibility index (Phi) is 3.73. The first-order chi connectivity index (χ1) is 10.9. The van der Waals surface area contributed by atoms with E-state index in [-0.39, 0.29) is 4.90 Å². The van der Waals surface area contributed by atoms with Gasteiger partial charge in [0.15, 0.2) is 21.5 Å². The molecule has 0 radical (unpaired) electrons. The lowest BCUT2D eigenvalue weighted by Crippen LogP contribution is -1.99. The van der Waals surface area contributed by atoms with Gasteiger partial charge in [0.2, 0.25) is 0 Å². The zero-order valence-electron chi connectivity index (χ0n) is 12.1. The summed E-state index contributed by atoms with van der Waals surface area (Å²) in [6, 6.07) is 9.82. The second-order valence-electron chi connectivity index (χ2n) is 5.04. The minimum atomic E-state index is -3.28. The normalized spacial score (nSPS) is 11.6. The Labute approximate surface area is 132 Å². The van der Waals surface area contributed by atoms with Crippen LogP contribution >= 0.6 is 0 Å². The summed E-state index contributed by atoms with van der Waals surface area (Å²) in [6.07, 6.45) is 4.18. The van der Waals surface area contributed by atoms with Crippen LogP contribution in [0.15, 0.2) is 59.9 Å². The van der Waals surface area contributed by atoms with Crippen molar-refractivity contribution in [3.63, 3.8) is 0 Å². The summed E-state index contributed by atoms with van der Waals surface area (Å²) < 4.78 is 51.1. The van der Waals surface area contributed by atoms with Crippen LogP contribution in [0.3, 0.4) is 0 Å². The number of imidazole rings is 1. The molecule has 0 saturated heterocycles. The fraction of sp³-hybridized carbons (Fsp3) is 0.0625. The minimum absolute atomic E-state index is 0.204. The summed E-state index contributed by atoms with van der Waals surface area (Å²) in [5.74, 6) is -1.86. The van der Waals surface area contributed by atoms with Gasteiger partial charge < -0.3 is 0 Å². The lowest BCUT2D eigenvalue weighted by atomic mass is 10.1. The molecule has 0 aliphatic heterocycles. The molecule has 3 aromatic rings. The van der Waals surface area contributed by atoms with Crippen molar-refractivity contribution in [3.8, 4) is 16.9 Å². The predicted octanol–water partition coefficient (Wildman–Crippen LogP) is 3.22. The van der Waals surface area contributed by atoms with Crippen LogP contribution in [-0.2, 0) is 9.84 Å². The topological polar surface area (TPSA) is 52.0 Å². The Morgan fingerprint density at radius 2 is 1.70 bits per heavy atom. The van der Waals surface area contributed by atoms with Gasteiger partial charge in [0.1, 0.15) is 0 Å². The van der Waals surface area contributed by atoms with Crippen LogP contribution < -0.4 is 0 Å². The van der Waals surface area contributed by atoms with Gasteiger partial charge in [-0.2, -0.15) is 0 Å². The fourth-order valence-electron chi connectivity index (χ4n) is 2.22. The molecule has 118 valence electrons. The van der Waals surface area contributed by atoms with E-state index in [1.807, 2.05) is 0 Å². The molecule has 4 nitrogen and oxygen atoms in total. The first-order valence-electron chi connectivity index (χ1n) is 6.64. The summed E-state index contributed by atoms with van der Waals surface area (Å²) in [6.45, 7) is 0. The summed E-state index contributed by atoms with van der Waals surface area (Å²) in [5, 5.41) is 0. The van der Waals surface area contributed by atoms with Crippen LogP contribution in [0.1, 0.15) is 0 Å². The van der Waals surface area contributed by atoms with Crippen molar-refractivity contribution in [2.75, 3.05) is 6.26 Å². The number of hydrogen-bond acceptors (Lipinski definition) is 3. The molecular formula is C16H12F2N2O2S. The first kappa shape index (κ1) is 15.4. The smallest absolute Gasteiger partial charge is 0.175 e. The van der Waals surface area contributed by atoms with E-state index in [9.17, 15) is 17.2 Å². The van der Waals surface area contributed by atoms with E-state index in [1.165, 1.54) is 30.7 Å². The maximum absolute atomic E-state index is 13.4. The third-order valence-corrected chi connectivity index (χ3v) is 4.53. The van der Waals surface area contributed by atoms with Gasteiger partial charge in [-0.25, -0.2) is 22.2 Å². The number of aromatic nitrogens is 2. The van der Waals surface area contributed by atoms with Gasteiger partial charge >= 0.3 is 0 Å². The zero-order valence-corrected chi connectivity index (χ0v) is 12.9. The van der Waals surface area contributed by atoms with Crippen molar-refractivity contribution in [1.82, 2.24) is 9.55 Å². The van der Waals surface area contributed by atoms with Gasteiger partial charge in [0.25, 0.3) is 0 Å².